The smallest absolute Gasteiger partial charge is 0.328 e. The van der Waals surface area contributed by atoms with Crippen molar-refractivity contribution >= 4 is 29.3 Å². The van der Waals surface area contributed by atoms with Crippen LogP contribution in [0.25, 0.3) is 0 Å². The van der Waals surface area contributed by atoms with Crippen molar-refractivity contribution in [2.24, 2.45) is 0 Å². The van der Waals surface area contributed by atoms with Gasteiger partial charge in [-0.1, -0.05) is 17.7 Å². The van der Waals surface area contributed by atoms with Crippen LogP contribution in [0, 0.1) is 6.92 Å². The van der Waals surface area contributed by atoms with E-state index >= 15 is 0 Å². The predicted molar refractivity (Wildman–Crippen MR) is 83.7 cm³/mol. The molecular formula is C15H21ClN2O3. The quantitative estimate of drug-likeness (QED) is 0.839. The van der Waals surface area contributed by atoms with Gasteiger partial charge >= 0.3 is 12.0 Å². The van der Waals surface area contributed by atoms with Crippen molar-refractivity contribution in [1.29, 1.82) is 0 Å². The third-order valence-electron chi connectivity index (χ3n) is 2.54. The van der Waals surface area contributed by atoms with Crippen LogP contribution in [0.1, 0.15) is 33.3 Å². The first kappa shape index (κ1) is 17.3. The molecule has 1 aromatic carbocycles. The molecule has 1 atom stereocenters. The third-order valence-corrected chi connectivity index (χ3v) is 2.94. The van der Waals surface area contributed by atoms with Crippen LogP contribution in [0.15, 0.2) is 18.2 Å². The molecule has 6 heteroatoms. The van der Waals surface area contributed by atoms with Crippen molar-refractivity contribution in [2.45, 2.75) is 46.3 Å². The number of rotatable bonds is 3. The molecule has 2 amide bonds. The lowest BCUT2D eigenvalue weighted by molar-refractivity contribution is -0.156. The summed E-state index contributed by atoms with van der Waals surface area (Å²) in [7, 11) is 0. The molecule has 0 heterocycles. The Labute approximate surface area is 130 Å². The minimum absolute atomic E-state index is 0.486. The number of ether oxygens (including phenoxy) is 1. The topological polar surface area (TPSA) is 67.4 Å². The van der Waals surface area contributed by atoms with Crippen LogP contribution >= 0.6 is 11.6 Å². The van der Waals surface area contributed by atoms with Gasteiger partial charge < -0.3 is 15.4 Å². The van der Waals surface area contributed by atoms with Crippen LogP contribution in [0.5, 0.6) is 0 Å². The van der Waals surface area contributed by atoms with E-state index in [0.29, 0.717) is 10.7 Å². The highest BCUT2D eigenvalue weighted by molar-refractivity contribution is 6.31. The van der Waals surface area contributed by atoms with Crippen LogP contribution in [0.2, 0.25) is 5.02 Å². The molecule has 0 saturated carbocycles. The number of esters is 1. The second-order valence-corrected chi connectivity index (χ2v) is 6.22. The summed E-state index contributed by atoms with van der Waals surface area (Å²) >= 11 is 5.98. The molecule has 0 spiro atoms. The van der Waals surface area contributed by atoms with Crippen LogP contribution in [-0.4, -0.2) is 23.6 Å². The number of benzene rings is 1. The van der Waals surface area contributed by atoms with Gasteiger partial charge in [0.1, 0.15) is 11.6 Å². The molecule has 0 fully saturated rings. The number of hydrogen-bond acceptors (Lipinski definition) is 3. The number of halogens is 1. The first-order chi connectivity index (χ1) is 9.58. The maximum absolute atomic E-state index is 11.8. The monoisotopic (exact) mass is 312 g/mol. The summed E-state index contributed by atoms with van der Waals surface area (Å²) in [4.78, 5) is 23.6. The van der Waals surface area contributed by atoms with Crippen molar-refractivity contribution in [3.8, 4) is 0 Å². The highest BCUT2D eigenvalue weighted by Gasteiger charge is 2.22. The highest BCUT2D eigenvalue weighted by Crippen LogP contribution is 2.19. The third kappa shape index (κ3) is 6.04. The summed E-state index contributed by atoms with van der Waals surface area (Å²) in [5, 5.41) is 5.70. The Morgan fingerprint density at radius 3 is 2.43 bits per heavy atom. The lowest BCUT2D eigenvalue weighted by atomic mass is 10.2. The van der Waals surface area contributed by atoms with Crippen molar-refractivity contribution in [3.63, 3.8) is 0 Å². The molecule has 2 N–H and O–H groups in total. The van der Waals surface area contributed by atoms with Crippen molar-refractivity contribution < 1.29 is 14.3 Å². The first-order valence-electron chi connectivity index (χ1n) is 6.65. The van der Waals surface area contributed by atoms with Gasteiger partial charge in [0.05, 0.1) is 0 Å². The van der Waals surface area contributed by atoms with Gasteiger partial charge in [-0.3, -0.25) is 0 Å². The number of nitrogens with one attached hydrogen (secondary N) is 2. The van der Waals surface area contributed by atoms with E-state index in [-0.39, 0.29) is 0 Å². The van der Waals surface area contributed by atoms with Gasteiger partial charge in [0, 0.05) is 10.7 Å². The van der Waals surface area contributed by atoms with Crippen LogP contribution < -0.4 is 10.6 Å². The molecule has 1 rings (SSSR count). The second-order valence-electron chi connectivity index (χ2n) is 5.82. The van der Waals surface area contributed by atoms with E-state index in [1.807, 2.05) is 6.92 Å². The highest BCUT2D eigenvalue weighted by atomic mass is 35.5. The molecule has 21 heavy (non-hydrogen) atoms. The molecule has 0 unspecified atom stereocenters. The van der Waals surface area contributed by atoms with Crippen LogP contribution in [0.3, 0.4) is 0 Å². The van der Waals surface area contributed by atoms with E-state index in [1.165, 1.54) is 0 Å². The lowest BCUT2D eigenvalue weighted by Crippen LogP contribution is -2.43. The maximum Gasteiger partial charge on any atom is 0.328 e. The van der Waals surface area contributed by atoms with Crippen molar-refractivity contribution in [3.05, 3.63) is 28.8 Å². The Morgan fingerprint density at radius 2 is 1.90 bits per heavy atom. The minimum Gasteiger partial charge on any atom is -0.458 e. The summed E-state index contributed by atoms with van der Waals surface area (Å²) in [6, 6.07) is 3.95. The Balaban J connectivity index is 2.57. The lowest BCUT2D eigenvalue weighted by Gasteiger charge is -2.22. The number of carbonyl (C=O) groups excluding carboxylic acids is 2. The van der Waals surface area contributed by atoms with Gasteiger partial charge in [0.2, 0.25) is 0 Å². The van der Waals surface area contributed by atoms with Crippen molar-refractivity contribution in [2.75, 3.05) is 5.32 Å². The van der Waals surface area contributed by atoms with Crippen molar-refractivity contribution in [1.82, 2.24) is 5.32 Å². The molecule has 0 aromatic heterocycles. The van der Waals surface area contributed by atoms with E-state index < -0.39 is 23.6 Å². The normalized spacial score (nSPS) is 12.5. The zero-order valence-corrected chi connectivity index (χ0v) is 13.7. The number of anilines is 1. The van der Waals surface area contributed by atoms with Gasteiger partial charge in [0.25, 0.3) is 0 Å². The van der Waals surface area contributed by atoms with Gasteiger partial charge in [-0.15, -0.1) is 0 Å². The Bertz CT molecular complexity index is 538. The molecule has 0 aliphatic heterocycles. The molecule has 1 aromatic rings. The van der Waals surface area contributed by atoms with Gasteiger partial charge in [0.15, 0.2) is 0 Å². The fourth-order valence-corrected chi connectivity index (χ4v) is 1.66. The van der Waals surface area contributed by atoms with E-state index in [1.54, 1.807) is 45.9 Å². The Morgan fingerprint density at radius 1 is 1.29 bits per heavy atom. The molecule has 0 bridgehead atoms. The predicted octanol–water partition coefficient (Wildman–Crippen LogP) is 3.50. The molecular weight excluding hydrogens is 292 g/mol. The molecule has 116 valence electrons. The summed E-state index contributed by atoms with van der Waals surface area (Å²) in [6.07, 6.45) is 0. The van der Waals surface area contributed by atoms with Gasteiger partial charge in [-0.25, -0.2) is 9.59 Å². The fraction of sp³-hybridized carbons (Fsp3) is 0.467. The number of hydrogen-bond donors (Lipinski definition) is 2. The zero-order chi connectivity index (χ0) is 16.2. The average molecular weight is 313 g/mol. The molecule has 0 aliphatic rings. The van der Waals surface area contributed by atoms with Gasteiger partial charge in [-0.2, -0.15) is 0 Å². The molecule has 0 radical (unpaired) electrons. The summed E-state index contributed by atoms with van der Waals surface area (Å²) in [6.45, 7) is 8.75. The van der Waals surface area contributed by atoms with Gasteiger partial charge in [-0.05, 0) is 52.3 Å². The fourth-order valence-electron chi connectivity index (χ4n) is 1.48. The maximum atomic E-state index is 11.8. The first-order valence-corrected chi connectivity index (χ1v) is 7.03. The number of aryl methyl sites for hydroxylation is 1. The Hall–Kier alpha value is -1.75. The minimum atomic E-state index is -0.745. The summed E-state index contributed by atoms with van der Waals surface area (Å²) < 4.78 is 5.18. The van der Waals surface area contributed by atoms with Crippen LogP contribution in [0.4, 0.5) is 10.5 Å². The number of urea groups is 1. The van der Waals surface area contributed by atoms with E-state index in [0.717, 1.165) is 5.56 Å². The number of carbonyl (C=O) groups is 2. The van der Waals surface area contributed by atoms with E-state index in [4.69, 9.17) is 16.3 Å². The summed E-state index contributed by atoms with van der Waals surface area (Å²) in [5.74, 6) is -0.486. The van der Waals surface area contributed by atoms with E-state index in [2.05, 4.69) is 10.6 Å². The standard InChI is InChI=1S/C15H21ClN2O3/c1-9-6-7-11(8-12(9)16)18-14(20)17-10(2)13(19)21-15(3,4)5/h6-8,10H,1-5H3,(H2,17,18,20)/t10-/m1/s1. The van der Waals surface area contributed by atoms with Crippen LogP contribution in [-0.2, 0) is 9.53 Å². The molecule has 0 aliphatic carbocycles. The molecule has 5 nitrogen and oxygen atoms in total. The molecule has 0 saturated heterocycles. The summed E-state index contributed by atoms with van der Waals surface area (Å²) in [5.41, 5.74) is 0.887. The Kier molecular flexibility index (Phi) is 5.61. The van der Waals surface area contributed by atoms with E-state index in [9.17, 15) is 9.59 Å². The zero-order valence-electron chi connectivity index (χ0n) is 12.9. The second kappa shape index (κ2) is 6.80. The average Bonchev–Trinajstić information content (AvgIpc) is 2.31. The SMILES string of the molecule is Cc1ccc(NC(=O)N[C@H](C)C(=O)OC(C)(C)C)cc1Cl. The largest absolute Gasteiger partial charge is 0.458 e. The number of amides is 2.